The second-order valence-corrected chi connectivity index (χ2v) is 5.63. The number of nitrogens with one attached hydrogen (secondary N) is 1. The predicted octanol–water partition coefficient (Wildman–Crippen LogP) is 3.74. The van der Waals surface area contributed by atoms with E-state index in [1.165, 1.54) is 64.3 Å². The Hall–Kier alpha value is -0.0400. The van der Waals surface area contributed by atoms with Gasteiger partial charge in [-0.25, -0.2) is 0 Å². The molecule has 1 unspecified atom stereocenters. The minimum absolute atomic E-state index is 0.899. The Bertz CT molecular complexity index is 168. The molecule has 1 atom stereocenters. The summed E-state index contributed by atoms with van der Waals surface area (Å²) < 4.78 is 0. The largest absolute Gasteiger partial charge is 0.314 e. The number of hydrogen-bond donors (Lipinski definition) is 1. The van der Waals surface area contributed by atoms with E-state index in [2.05, 4.69) is 12.2 Å². The van der Waals surface area contributed by atoms with Crippen molar-refractivity contribution < 1.29 is 0 Å². The zero-order valence-electron chi connectivity index (χ0n) is 10.3. The predicted molar refractivity (Wildman–Crippen MR) is 66.0 cm³/mol. The molecule has 0 heterocycles. The molecule has 2 saturated carbocycles. The summed E-state index contributed by atoms with van der Waals surface area (Å²) in [5.74, 6) is 2.05. The second-order valence-electron chi connectivity index (χ2n) is 5.63. The molecule has 15 heavy (non-hydrogen) atoms. The van der Waals surface area contributed by atoms with E-state index >= 15 is 0 Å². The Morgan fingerprint density at radius 3 is 2.47 bits per heavy atom. The van der Waals surface area contributed by atoms with Crippen molar-refractivity contribution in [3.05, 3.63) is 0 Å². The first kappa shape index (κ1) is 11.4. The van der Waals surface area contributed by atoms with Crippen LogP contribution in [0.2, 0.25) is 0 Å². The standard InChI is InChI=1S/C14H27N/c1-2-3-6-13(11-15-14-9-10-14)12-7-4-5-8-12/h12-15H,2-11H2,1H3. The molecule has 0 saturated heterocycles. The van der Waals surface area contributed by atoms with E-state index in [1.54, 1.807) is 0 Å². The molecule has 0 aromatic rings. The third-order valence-corrected chi connectivity index (χ3v) is 4.24. The molecule has 2 rings (SSSR count). The fourth-order valence-electron chi connectivity index (χ4n) is 3.01. The van der Waals surface area contributed by atoms with E-state index in [0.717, 1.165) is 17.9 Å². The van der Waals surface area contributed by atoms with E-state index in [1.807, 2.05) is 0 Å². The number of hydrogen-bond acceptors (Lipinski definition) is 1. The van der Waals surface area contributed by atoms with Crippen LogP contribution in [0.1, 0.15) is 64.7 Å². The summed E-state index contributed by atoms with van der Waals surface area (Å²) in [6, 6.07) is 0.899. The average molecular weight is 209 g/mol. The van der Waals surface area contributed by atoms with Crippen LogP contribution in [0.25, 0.3) is 0 Å². The Balaban J connectivity index is 1.71. The van der Waals surface area contributed by atoms with E-state index in [9.17, 15) is 0 Å². The Morgan fingerprint density at radius 1 is 1.13 bits per heavy atom. The monoisotopic (exact) mass is 209 g/mol. The molecule has 1 heteroatoms. The van der Waals surface area contributed by atoms with Gasteiger partial charge in [-0.3, -0.25) is 0 Å². The van der Waals surface area contributed by atoms with Gasteiger partial charge in [0.1, 0.15) is 0 Å². The van der Waals surface area contributed by atoms with Crippen molar-refractivity contribution in [2.75, 3.05) is 6.54 Å². The topological polar surface area (TPSA) is 12.0 Å². The third kappa shape index (κ3) is 3.79. The lowest BCUT2D eigenvalue weighted by Gasteiger charge is -2.23. The Kier molecular flexibility index (Phi) is 4.49. The van der Waals surface area contributed by atoms with E-state index in [0.29, 0.717) is 0 Å². The number of unbranched alkanes of at least 4 members (excludes halogenated alkanes) is 1. The van der Waals surface area contributed by atoms with Crippen molar-refractivity contribution >= 4 is 0 Å². The maximum absolute atomic E-state index is 3.74. The lowest BCUT2D eigenvalue weighted by molar-refractivity contribution is 0.297. The highest BCUT2D eigenvalue weighted by atomic mass is 14.9. The molecule has 2 aliphatic carbocycles. The van der Waals surface area contributed by atoms with Gasteiger partial charge < -0.3 is 5.32 Å². The highest BCUT2D eigenvalue weighted by molar-refractivity contribution is 4.84. The summed E-state index contributed by atoms with van der Waals surface area (Å²) in [4.78, 5) is 0. The van der Waals surface area contributed by atoms with Crippen molar-refractivity contribution in [2.45, 2.75) is 70.8 Å². The van der Waals surface area contributed by atoms with Crippen LogP contribution in [0.5, 0.6) is 0 Å². The molecule has 2 aliphatic rings. The minimum Gasteiger partial charge on any atom is -0.314 e. The quantitative estimate of drug-likeness (QED) is 0.673. The molecule has 0 amide bonds. The molecule has 0 aromatic heterocycles. The first-order valence-corrected chi connectivity index (χ1v) is 7.13. The second kappa shape index (κ2) is 5.89. The molecule has 0 radical (unpaired) electrons. The van der Waals surface area contributed by atoms with Crippen LogP contribution in [-0.4, -0.2) is 12.6 Å². The lowest BCUT2D eigenvalue weighted by Crippen LogP contribution is -2.28. The van der Waals surface area contributed by atoms with Gasteiger partial charge in [-0.1, -0.05) is 45.4 Å². The summed E-state index contributed by atoms with van der Waals surface area (Å²) in [7, 11) is 0. The molecule has 1 nitrogen and oxygen atoms in total. The summed E-state index contributed by atoms with van der Waals surface area (Å²) in [5.41, 5.74) is 0. The molecule has 0 bridgehead atoms. The van der Waals surface area contributed by atoms with Gasteiger partial charge in [0.15, 0.2) is 0 Å². The summed E-state index contributed by atoms with van der Waals surface area (Å²) in [6.07, 6.45) is 13.2. The molecular formula is C14H27N. The first-order valence-electron chi connectivity index (χ1n) is 7.13. The van der Waals surface area contributed by atoms with Gasteiger partial charge in [-0.05, 0) is 37.6 Å². The number of rotatable bonds is 7. The molecule has 1 N–H and O–H groups in total. The summed E-state index contributed by atoms with van der Waals surface area (Å²) in [5, 5.41) is 3.74. The fourth-order valence-corrected chi connectivity index (χ4v) is 3.01. The van der Waals surface area contributed by atoms with Gasteiger partial charge in [-0.2, -0.15) is 0 Å². The summed E-state index contributed by atoms with van der Waals surface area (Å²) in [6.45, 7) is 3.63. The maximum atomic E-state index is 3.74. The SMILES string of the molecule is CCCCC(CNC1CC1)C1CCCC1. The summed E-state index contributed by atoms with van der Waals surface area (Å²) >= 11 is 0. The van der Waals surface area contributed by atoms with Gasteiger partial charge in [0.05, 0.1) is 0 Å². The fraction of sp³-hybridized carbons (Fsp3) is 1.00. The minimum atomic E-state index is 0.899. The van der Waals surface area contributed by atoms with Crippen LogP contribution in [0.3, 0.4) is 0 Å². The molecule has 0 aromatic carbocycles. The highest BCUT2D eigenvalue weighted by Crippen LogP contribution is 2.34. The third-order valence-electron chi connectivity index (χ3n) is 4.24. The zero-order valence-corrected chi connectivity index (χ0v) is 10.3. The van der Waals surface area contributed by atoms with Crippen LogP contribution in [0.15, 0.2) is 0 Å². The van der Waals surface area contributed by atoms with Crippen molar-refractivity contribution in [3.8, 4) is 0 Å². The van der Waals surface area contributed by atoms with Crippen molar-refractivity contribution in [3.63, 3.8) is 0 Å². The Labute approximate surface area is 95.0 Å². The van der Waals surface area contributed by atoms with Crippen LogP contribution in [0, 0.1) is 11.8 Å². The van der Waals surface area contributed by atoms with Gasteiger partial charge >= 0.3 is 0 Å². The van der Waals surface area contributed by atoms with E-state index < -0.39 is 0 Å². The van der Waals surface area contributed by atoms with E-state index in [4.69, 9.17) is 0 Å². The van der Waals surface area contributed by atoms with Gasteiger partial charge in [0, 0.05) is 6.04 Å². The molecule has 88 valence electrons. The van der Waals surface area contributed by atoms with E-state index in [-0.39, 0.29) is 0 Å². The normalized spacial score (nSPS) is 24.6. The molecule has 0 spiro atoms. The van der Waals surface area contributed by atoms with Gasteiger partial charge in [-0.15, -0.1) is 0 Å². The van der Waals surface area contributed by atoms with Gasteiger partial charge in [0.2, 0.25) is 0 Å². The molecular weight excluding hydrogens is 182 g/mol. The average Bonchev–Trinajstić information content (AvgIpc) is 2.92. The van der Waals surface area contributed by atoms with Gasteiger partial charge in [0.25, 0.3) is 0 Å². The van der Waals surface area contributed by atoms with Crippen LogP contribution in [-0.2, 0) is 0 Å². The van der Waals surface area contributed by atoms with Crippen molar-refractivity contribution in [1.82, 2.24) is 5.32 Å². The lowest BCUT2D eigenvalue weighted by atomic mass is 9.86. The zero-order chi connectivity index (χ0) is 10.5. The smallest absolute Gasteiger partial charge is 0.00683 e. The van der Waals surface area contributed by atoms with Crippen LogP contribution in [0.4, 0.5) is 0 Å². The first-order chi connectivity index (χ1) is 7.40. The molecule has 2 fully saturated rings. The Morgan fingerprint density at radius 2 is 1.87 bits per heavy atom. The van der Waals surface area contributed by atoms with Crippen molar-refractivity contribution in [1.29, 1.82) is 0 Å². The highest BCUT2D eigenvalue weighted by Gasteiger charge is 2.27. The maximum Gasteiger partial charge on any atom is 0.00683 e. The molecule has 0 aliphatic heterocycles. The van der Waals surface area contributed by atoms with Crippen LogP contribution >= 0.6 is 0 Å². The van der Waals surface area contributed by atoms with Crippen LogP contribution < -0.4 is 5.32 Å². The van der Waals surface area contributed by atoms with Crippen molar-refractivity contribution in [2.24, 2.45) is 11.8 Å².